The summed E-state index contributed by atoms with van der Waals surface area (Å²) in [6.07, 6.45) is -4.86. The number of carboxylic acids is 1. The van der Waals surface area contributed by atoms with Crippen molar-refractivity contribution in [1.82, 2.24) is 13.5 Å². The number of carbonyl (C=O) groups excluding carboxylic acids is 1. The van der Waals surface area contributed by atoms with Gasteiger partial charge in [0.15, 0.2) is 0 Å². The number of carbonyl (C=O) groups is 1. The molecule has 0 amide bonds. The van der Waals surface area contributed by atoms with Crippen molar-refractivity contribution < 1.29 is 27.8 Å². The lowest BCUT2D eigenvalue weighted by Crippen LogP contribution is -2.40. The van der Waals surface area contributed by atoms with E-state index in [9.17, 15) is 32.7 Å². The van der Waals surface area contributed by atoms with Crippen molar-refractivity contribution >= 4 is 27.6 Å². The zero-order valence-corrected chi connectivity index (χ0v) is 18.5. The molecule has 0 saturated carbocycles. The van der Waals surface area contributed by atoms with E-state index in [0.29, 0.717) is 36.5 Å². The summed E-state index contributed by atoms with van der Waals surface area (Å²) in [6.45, 7) is 1.17. The van der Waals surface area contributed by atoms with Crippen LogP contribution in [0.2, 0.25) is 0 Å². The van der Waals surface area contributed by atoms with E-state index < -0.39 is 35.7 Å². The Hall–Kier alpha value is -3.93. The number of alkyl halides is 3. The highest BCUT2D eigenvalue weighted by molar-refractivity contribution is 7.13. The van der Waals surface area contributed by atoms with Gasteiger partial charge in [-0.25, -0.2) is 9.36 Å². The number of halogens is 3. The first-order valence-electron chi connectivity index (χ1n) is 9.71. The third-order valence-electron chi connectivity index (χ3n) is 5.14. The molecule has 0 atom stereocenters. The Kier molecular flexibility index (Phi) is 5.77. The van der Waals surface area contributed by atoms with Crippen molar-refractivity contribution in [2.75, 3.05) is 6.61 Å². The quantitative estimate of drug-likeness (QED) is 0.425. The molecule has 0 saturated heterocycles. The minimum atomic E-state index is -4.86. The predicted molar refractivity (Wildman–Crippen MR) is 116 cm³/mol. The number of ether oxygens (including phenoxy) is 1. The van der Waals surface area contributed by atoms with Crippen LogP contribution < -0.4 is 21.1 Å². The van der Waals surface area contributed by atoms with Crippen LogP contribution in [0.5, 0.6) is 5.75 Å². The molecule has 0 spiro atoms. The van der Waals surface area contributed by atoms with Crippen LogP contribution in [0.4, 0.5) is 13.2 Å². The molecule has 4 aromatic rings. The molecule has 0 radical (unpaired) electrons. The van der Waals surface area contributed by atoms with Crippen LogP contribution in [-0.4, -0.2) is 26.1 Å². The summed E-state index contributed by atoms with van der Waals surface area (Å²) in [4.78, 5) is 35.8. The van der Waals surface area contributed by atoms with E-state index in [2.05, 4.69) is 4.37 Å². The lowest BCUT2D eigenvalue weighted by Gasteiger charge is -2.14. The Labute approximate surface area is 193 Å². The smallest absolute Gasteiger partial charge is 0.431 e. The molecule has 34 heavy (non-hydrogen) atoms. The molecule has 0 unspecified atom stereocenters. The van der Waals surface area contributed by atoms with E-state index in [4.69, 9.17) is 4.74 Å². The van der Waals surface area contributed by atoms with Gasteiger partial charge in [0.2, 0.25) is 0 Å². The van der Waals surface area contributed by atoms with Gasteiger partial charge in [-0.05, 0) is 54.4 Å². The van der Waals surface area contributed by atoms with E-state index in [1.54, 1.807) is 24.3 Å². The van der Waals surface area contributed by atoms with Crippen LogP contribution in [0.15, 0.2) is 52.1 Å². The number of aryl methyl sites for hydroxylation is 1. The molecule has 2 aromatic carbocycles. The Bertz CT molecular complexity index is 1550. The summed E-state index contributed by atoms with van der Waals surface area (Å²) in [5.74, 6) is -1.11. The minimum Gasteiger partial charge on any atom is -0.546 e. The van der Waals surface area contributed by atoms with Gasteiger partial charge < -0.3 is 14.6 Å². The molecular weight excluding hydrogens is 475 g/mol. The van der Waals surface area contributed by atoms with Gasteiger partial charge in [-0.3, -0.25) is 9.36 Å². The van der Waals surface area contributed by atoms with Gasteiger partial charge in [-0.15, -0.1) is 0 Å². The average Bonchev–Trinajstić information content (AvgIpc) is 3.18. The van der Waals surface area contributed by atoms with Gasteiger partial charge in [0.05, 0.1) is 22.1 Å². The molecule has 176 valence electrons. The number of hydrogen-bond acceptors (Lipinski definition) is 7. The summed E-state index contributed by atoms with van der Waals surface area (Å²) < 4.78 is 50.8. The molecule has 0 fully saturated rings. The largest absolute Gasteiger partial charge is 0.546 e. The van der Waals surface area contributed by atoms with Gasteiger partial charge in [0, 0.05) is 24.1 Å². The highest BCUT2D eigenvalue weighted by Crippen LogP contribution is 2.35. The zero-order chi connectivity index (χ0) is 24.8. The van der Waals surface area contributed by atoms with Crippen molar-refractivity contribution in [2.24, 2.45) is 7.05 Å². The van der Waals surface area contributed by atoms with Gasteiger partial charge >= 0.3 is 11.9 Å². The molecule has 12 heteroatoms. The van der Waals surface area contributed by atoms with E-state index in [-0.39, 0.29) is 11.4 Å². The molecule has 0 bridgehead atoms. The van der Waals surface area contributed by atoms with Crippen molar-refractivity contribution in [3.63, 3.8) is 0 Å². The number of nitrogens with zero attached hydrogens (tertiary/aromatic N) is 3. The maximum Gasteiger partial charge on any atom is 0.431 e. The second-order valence-electron chi connectivity index (χ2n) is 7.39. The lowest BCUT2D eigenvalue weighted by atomic mass is 10.0. The van der Waals surface area contributed by atoms with Gasteiger partial charge in [0.1, 0.15) is 18.1 Å². The summed E-state index contributed by atoms with van der Waals surface area (Å²) in [7, 11) is 0.943. The first-order valence-corrected chi connectivity index (χ1v) is 10.5. The van der Waals surface area contributed by atoms with Crippen LogP contribution in [0.25, 0.3) is 27.0 Å². The van der Waals surface area contributed by atoms with Crippen LogP contribution in [0.3, 0.4) is 0 Å². The summed E-state index contributed by atoms with van der Waals surface area (Å²) >= 11 is 1.15. The second kappa shape index (κ2) is 8.45. The Morgan fingerprint density at radius 2 is 1.88 bits per heavy atom. The fraction of sp³-hybridized carbons (Fsp3) is 0.182. The van der Waals surface area contributed by atoms with Crippen molar-refractivity contribution in [3.05, 3.63) is 74.6 Å². The Morgan fingerprint density at radius 1 is 1.15 bits per heavy atom. The highest BCUT2D eigenvalue weighted by Gasteiger charge is 2.35. The number of hydrogen-bond donors (Lipinski definition) is 0. The number of aromatic nitrogens is 3. The number of aliphatic carboxylic acids is 1. The predicted octanol–water partition coefficient (Wildman–Crippen LogP) is 2.27. The summed E-state index contributed by atoms with van der Waals surface area (Å²) in [5.41, 5.74) is -1.63. The summed E-state index contributed by atoms with van der Waals surface area (Å²) in [5, 5.41) is 11.2. The van der Waals surface area contributed by atoms with E-state index in [1.165, 1.54) is 12.1 Å². The van der Waals surface area contributed by atoms with Crippen LogP contribution in [-0.2, 0) is 18.0 Å². The molecule has 0 aliphatic heterocycles. The van der Waals surface area contributed by atoms with Crippen molar-refractivity contribution in [1.29, 1.82) is 0 Å². The molecule has 8 nitrogen and oxygen atoms in total. The van der Waals surface area contributed by atoms with Crippen LogP contribution in [0.1, 0.15) is 11.3 Å². The van der Waals surface area contributed by atoms with Gasteiger partial charge in [0.25, 0.3) is 5.56 Å². The standard InChI is InChI=1S/C22H16F3N3O5S/c1-11-3-5-13(33-10-19(30)31)8-14(11)20-15-7-12(4-6-16(15)34-26-20)28-18(29)9-17(22(23,24)25)27(2)21(28)32/h3-9H,10H2,1-2H3,(H,30,31)/p-1. The topological polar surface area (TPSA) is 106 Å². The van der Waals surface area contributed by atoms with E-state index >= 15 is 0 Å². The Morgan fingerprint density at radius 3 is 2.56 bits per heavy atom. The zero-order valence-electron chi connectivity index (χ0n) is 17.7. The maximum absolute atomic E-state index is 13.2. The Balaban J connectivity index is 1.87. The van der Waals surface area contributed by atoms with Crippen molar-refractivity contribution in [2.45, 2.75) is 13.1 Å². The molecule has 2 heterocycles. The van der Waals surface area contributed by atoms with Crippen LogP contribution in [0, 0.1) is 6.92 Å². The first-order chi connectivity index (χ1) is 16.0. The van der Waals surface area contributed by atoms with Crippen molar-refractivity contribution in [3.8, 4) is 22.7 Å². The molecular formula is C22H15F3N3O5S-. The third kappa shape index (κ3) is 4.19. The fourth-order valence-corrected chi connectivity index (χ4v) is 4.25. The number of benzene rings is 2. The highest BCUT2D eigenvalue weighted by atomic mass is 32.1. The normalized spacial score (nSPS) is 11.7. The lowest BCUT2D eigenvalue weighted by molar-refractivity contribution is -0.307. The summed E-state index contributed by atoms with van der Waals surface area (Å²) in [6, 6.07) is 9.84. The fourth-order valence-electron chi connectivity index (χ4n) is 3.48. The van der Waals surface area contributed by atoms with Crippen LogP contribution >= 0.6 is 11.5 Å². The van der Waals surface area contributed by atoms with Gasteiger partial charge in [-0.2, -0.15) is 17.5 Å². The number of fused-ring (bicyclic) bond motifs is 1. The minimum absolute atomic E-state index is 0.0790. The second-order valence-corrected chi connectivity index (χ2v) is 8.20. The molecule has 0 aliphatic carbocycles. The average molecular weight is 490 g/mol. The monoisotopic (exact) mass is 490 g/mol. The van der Waals surface area contributed by atoms with E-state index in [0.717, 1.165) is 24.1 Å². The third-order valence-corrected chi connectivity index (χ3v) is 5.97. The molecule has 4 rings (SSSR count). The first kappa shape index (κ1) is 23.2. The number of rotatable bonds is 5. The number of carboxylic acid groups (broad SMARTS) is 1. The van der Waals surface area contributed by atoms with E-state index in [1.807, 2.05) is 6.92 Å². The SMILES string of the molecule is Cc1ccc(OCC(=O)[O-])cc1-c1nsc2ccc(-n3c(=O)cc(C(F)(F)F)n(C)c3=O)cc12. The molecule has 0 aliphatic rings. The van der Waals surface area contributed by atoms with Gasteiger partial charge in [-0.1, -0.05) is 6.07 Å². The molecule has 2 aromatic heterocycles. The maximum atomic E-state index is 13.2. The molecule has 0 N–H and O–H groups in total.